The molecule has 2 rings (SSSR count). The quantitative estimate of drug-likeness (QED) is 0.900. The van der Waals surface area contributed by atoms with Gasteiger partial charge in [0.1, 0.15) is 0 Å². The minimum Gasteiger partial charge on any atom is -0.309 e. The maximum Gasteiger partial charge on any atom is 0.0282 e. The summed E-state index contributed by atoms with van der Waals surface area (Å²) in [5.41, 5.74) is 1.77. The molecule has 0 unspecified atom stereocenters. The molecule has 0 bridgehead atoms. The average molecular weight is 311 g/mol. The number of nitrogens with zero attached hydrogens (tertiary/aromatic N) is 1. The van der Waals surface area contributed by atoms with Crippen LogP contribution in [0, 0.1) is 0 Å². The predicted molar refractivity (Wildman–Crippen MR) is 80.7 cm³/mol. The molecule has 1 saturated heterocycles. The maximum absolute atomic E-state index is 3.62. The number of hydrogen-bond donors (Lipinski definition) is 1. The molecule has 0 saturated carbocycles. The molecule has 1 aliphatic rings. The Morgan fingerprint density at radius 1 is 1.28 bits per heavy atom. The molecule has 1 aromatic carbocycles. The minimum absolute atomic E-state index is 0.196. The molecule has 1 heterocycles. The van der Waals surface area contributed by atoms with Crippen molar-refractivity contribution in [1.82, 2.24) is 10.2 Å². The second-order valence-corrected chi connectivity index (χ2v) is 7.45. The van der Waals surface area contributed by atoms with Crippen LogP contribution < -0.4 is 5.32 Å². The van der Waals surface area contributed by atoms with Crippen LogP contribution in [0.15, 0.2) is 28.7 Å². The van der Waals surface area contributed by atoms with E-state index in [1.54, 1.807) is 0 Å². The Kier molecular flexibility index (Phi) is 3.86. The third-order valence-electron chi connectivity index (χ3n) is 3.70. The summed E-state index contributed by atoms with van der Waals surface area (Å²) in [5.74, 6) is 0. The molecule has 0 aliphatic carbocycles. The predicted octanol–water partition coefficient (Wildman–Crippen LogP) is 3.41. The molecule has 0 amide bonds. The molecule has 0 aromatic heterocycles. The Balaban J connectivity index is 2.15. The van der Waals surface area contributed by atoms with Crippen molar-refractivity contribution < 1.29 is 0 Å². The van der Waals surface area contributed by atoms with Crippen molar-refractivity contribution in [3.63, 3.8) is 0 Å². The van der Waals surface area contributed by atoms with Gasteiger partial charge in [-0.15, -0.1) is 0 Å². The van der Waals surface area contributed by atoms with Crippen LogP contribution >= 0.6 is 15.9 Å². The SMILES string of the molecule is CC1(C)CN(Cc2cccc(Br)c2)C(C)(C)CN1. The summed E-state index contributed by atoms with van der Waals surface area (Å²) in [6.45, 7) is 12.3. The number of piperazine rings is 1. The van der Waals surface area contributed by atoms with E-state index in [2.05, 4.69) is 78.1 Å². The van der Waals surface area contributed by atoms with Crippen LogP contribution in [0.4, 0.5) is 0 Å². The molecule has 100 valence electrons. The summed E-state index contributed by atoms with van der Waals surface area (Å²) in [6.07, 6.45) is 0. The van der Waals surface area contributed by atoms with Crippen molar-refractivity contribution >= 4 is 15.9 Å². The van der Waals surface area contributed by atoms with Gasteiger partial charge in [0.25, 0.3) is 0 Å². The third kappa shape index (κ3) is 3.34. The molecule has 1 aliphatic heterocycles. The lowest BCUT2D eigenvalue weighted by Crippen LogP contribution is -2.65. The Morgan fingerprint density at radius 3 is 2.67 bits per heavy atom. The van der Waals surface area contributed by atoms with E-state index in [4.69, 9.17) is 0 Å². The molecule has 1 N–H and O–H groups in total. The first kappa shape index (κ1) is 14.0. The Hall–Kier alpha value is -0.380. The fourth-order valence-electron chi connectivity index (χ4n) is 2.44. The van der Waals surface area contributed by atoms with Crippen molar-refractivity contribution in [2.24, 2.45) is 0 Å². The van der Waals surface area contributed by atoms with Crippen molar-refractivity contribution in [1.29, 1.82) is 0 Å². The largest absolute Gasteiger partial charge is 0.309 e. The van der Waals surface area contributed by atoms with E-state index in [0.717, 1.165) is 24.1 Å². The van der Waals surface area contributed by atoms with Crippen LogP contribution in [0.1, 0.15) is 33.3 Å². The van der Waals surface area contributed by atoms with Gasteiger partial charge in [-0.25, -0.2) is 0 Å². The van der Waals surface area contributed by atoms with Gasteiger partial charge < -0.3 is 5.32 Å². The fourth-order valence-corrected chi connectivity index (χ4v) is 2.89. The smallest absolute Gasteiger partial charge is 0.0282 e. The molecule has 0 radical (unpaired) electrons. The normalized spacial score (nSPS) is 22.9. The molecular formula is C15H23BrN2. The first-order valence-electron chi connectivity index (χ1n) is 6.53. The molecule has 0 spiro atoms. The number of benzene rings is 1. The maximum atomic E-state index is 3.62. The van der Waals surface area contributed by atoms with Crippen LogP contribution in [-0.2, 0) is 6.54 Å². The molecule has 1 aromatic rings. The first-order chi connectivity index (χ1) is 8.28. The van der Waals surface area contributed by atoms with Crippen molar-refractivity contribution in [3.05, 3.63) is 34.3 Å². The Labute approximate surface area is 119 Å². The van der Waals surface area contributed by atoms with Gasteiger partial charge in [-0.3, -0.25) is 4.90 Å². The van der Waals surface area contributed by atoms with E-state index in [9.17, 15) is 0 Å². The lowest BCUT2D eigenvalue weighted by atomic mass is 9.91. The molecule has 2 nitrogen and oxygen atoms in total. The Bertz CT molecular complexity index is 426. The molecule has 3 heteroatoms. The molecular weight excluding hydrogens is 288 g/mol. The zero-order valence-electron chi connectivity index (χ0n) is 11.8. The minimum atomic E-state index is 0.196. The zero-order valence-corrected chi connectivity index (χ0v) is 13.3. The van der Waals surface area contributed by atoms with E-state index in [0.29, 0.717) is 0 Å². The topological polar surface area (TPSA) is 15.3 Å². The highest BCUT2D eigenvalue weighted by Crippen LogP contribution is 2.26. The van der Waals surface area contributed by atoms with Gasteiger partial charge in [0, 0.05) is 35.2 Å². The summed E-state index contributed by atoms with van der Waals surface area (Å²) in [7, 11) is 0. The lowest BCUT2D eigenvalue weighted by Gasteiger charge is -2.49. The van der Waals surface area contributed by atoms with Crippen LogP contribution in [0.5, 0.6) is 0 Å². The van der Waals surface area contributed by atoms with E-state index >= 15 is 0 Å². The Morgan fingerprint density at radius 2 is 2.00 bits per heavy atom. The van der Waals surface area contributed by atoms with Gasteiger partial charge in [-0.2, -0.15) is 0 Å². The van der Waals surface area contributed by atoms with Gasteiger partial charge in [0.2, 0.25) is 0 Å². The number of halogens is 1. The number of nitrogens with one attached hydrogen (secondary N) is 1. The first-order valence-corrected chi connectivity index (χ1v) is 7.32. The summed E-state index contributed by atoms with van der Waals surface area (Å²) in [6, 6.07) is 8.61. The van der Waals surface area contributed by atoms with E-state index in [1.807, 2.05) is 0 Å². The van der Waals surface area contributed by atoms with Crippen LogP contribution in [0.25, 0.3) is 0 Å². The van der Waals surface area contributed by atoms with Crippen molar-refractivity contribution in [2.75, 3.05) is 13.1 Å². The monoisotopic (exact) mass is 310 g/mol. The second kappa shape index (κ2) is 4.95. The van der Waals surface area contributed by atoms with Gasteiger partial charge >= 0.3 is 0 Å². The average Bonchev–Trinajstić information content (AvgIpc) is 2.24. The van der Waals surface area contributed by atoms with Crippen LogP contribution in [0.3, 0.4) is 0 Å². The second-order valence-electron chi connectivity index (χ2n) is 6.54. The highest BCUT2D eigenvalue weighted by Gasteiger charge is 2.37. The van der Waals surface area contributed by atoms with Gasteiger partial charge in [-0.05, 0) is 45.4 Å². The highest BCUT2D eigenvalue weighted by atomic mass is 79.9. The highest BCUT2D eigenvalue weighted by molar-refractivity contribution is 9.10. The summed E-state index contributed by atoms with van der Waals surface area (Å²) >= 11 is 3.55. The van der Waals surface area contributed by atoms with Gasteiger partial charge in [-0.1, -0.05) is 28.1 Å². The fraction of sp³-hybridized carbons (Fsp3) is 0.600. The van der Waals surface area contributed by atoms with Crippen LogP contribution in [0.2, 0.25) is 0 Å². The van der Waals surface area contributed by atoms with Crippen LogP contribution in [-0.4, -0.2) is 29.1 Å². The van der Waals surface area contributed by atoms with Crippen molar-refractivity contribution in [2.45, 2.75) is 45.3 Å². The van der Waals surface area contributed by atoms with Gasteiger partial charge in [0.05, 0.1) is 0 Å². The molecule has 0 atom stereocenters. The standard InChI is InChI=1S/C15H23BrN2/c1-14(2)11-18(15(3,4)10-17-14)9-12-6-5-7-13(16)8-12/h5-8,17H,9-11H2,1-4H3. The van der Waals surface area contributed by atoms with Crippen molar-refractivity contribution in [3.8, 4) is 0 Å². The number of rotatable bonds is 2. The summed E-state index contributed by atoms with van der Waals surface area (Å²) < 4.78 is 1.16. The zero-order chi connectivity index (χ0) is 13.4. The van der Waals surface area contributed by atoms with E-state index < -0.39 is 0 Å². The lowest BCUT2D eigenvalue weighted by molar-refractivity contribution is 0.0324. The summed E-state index contributed by atoms with van der Waals surface area (Å²) in [5, 5.41) is 3.62. The molecule has 18 heavy (non-hydrogen) atoms. The summed E-state index contributed by atoms with van der Waals surface area (Å²) in [4.78, 5) is 2.57. The molecule has 1 fully saturated rings. The van der Waals surface area contributed by atoms with E-state index in [1.165, 1.54) is 5.56 Å². The third-order valence-corrected chi connectivity index (χ3v) is 4.20. The van der Waals surface area contributed by atoms with Gasteiger partial charge in [0.15, 0.2) is 0 Å². The van der Waals surface area contributed by atoms with E-state index in [-0.39, 0.29) is 11.1 Å². The number of hydrogen-bond acceptors (Lipinski definition) is 2.